The van der Waals surface area contributed by atoms with Gasteiger partial charge < -0.3 is 4.74 Å². The topological polar surface area (TPSA) is 26.3 Å². The van der Waals surface area contributed by atoms with Crippen LogP contribution in [-0.2, 0) is 4.79 Å². The highest BCUT2D eigenvalue weighted by Crippen LogP contribution is 2.30. The van der Waals surface area contributed by atoms with E-state index in [4.69, 9.17) is 0 Å². The summed E-state index contributed by atoms with van der Waals surface area (Å²) in [6, 6.07) is 0. The molecule has 9 heteroatoms. The van der Waals surface area contributed by atoms with Crippen molar-refractivity contribution in [3.05, 3.63) is 29.1 Å². The molecule has 23 heavy (non-hydrogen) atoms. The fourth-order valence-corrected chi connectivity index (χ4v) is 3.81. The molecule has 0 atom stereocenters. The average Bonchev–Trinajstić information content (AvgIpc) is 3.13. The zero-order valence-electron chi connectivity index (χ0n) is 12.3. The average molecular weight is 374 g/mol. The third-order valence-electron chi connectivity index (χ3n) is 2.66. The van der Waals surface area contributed by atoms with Crippen LogP contribution in [-0.4, -0.2) is 17.5 Å². The Bertz CT molecular complexity index is 514. The van der Waals surface area contributed by atoms with Gasteiger partial charge in [-0.15, -0.1) is 0 Å². The molecule has 1 aromatic carbocycles. The summed E-state index contributed by atoms with van der Waals surface area (Å²) in [4.78, 5) is 11.1. The van der Waals surface area contributed by atoms with Crippen molar-refractivity contribution in [2.24, 2.45) is 0 Å². The Morgan fingerprint density at radius 1 is 0.957 bits per heavy atom. The van der Waals surface area contributed by atoms with Crippen molar-refractivity contribution >= 4 is 27.6 Å². The second-order valence-electron chi connectivity index (χ2n) is 4.47. The third-order valence-corrected chi connectivity index (χ3v) is 5.24. The molecular formula is C14H15F5O2S2. The highest BCUT2D eigenvalue weighted by Gasteiger charge is 2.28. The summed E-state index contributed by atoms with van der Waals surface area (Å²) < 4.78 is 68.5. The monoisotopic (exact) mass is 374 g/mol. The van der Waals surface area contributed by atoms with E-state index in [1.165, 1.54) is 17.9 Å². The minimum Gasteiger partial charge on any atom is -0.420 e. The predicted molar refractivity (Wildman–Crippen MR) is 80.9 cm³/mol. The van der Waals surface area contributed by atoms with Gasteiger partial charge in [-0.25, -0.2) is 13.2 Å². The van der Waals surface area contributed by atoms with Gasteiger partial charge in [-0.05, 0) is 12.8 Å². The molecule has 1 heterocycles. The van der Waals surface area contributed by atoms with Crippen LogP contribution in [0.1, 0.15) is 32.6 Å². The summed E-state index contributed by atoms with van der Waals surface area (Å²) in [6.45, 7) is 1.76. The van der Waals surface area contributed by atoms with Crippen molar-refractivity contribution < 1.29 is 31.5 Å². The van der Waals surface area contributed by atoms with Crippen molar-refractivity contribution in [3.8, 4) is 5.75 Å². The van der Waals surface area contributed by atoms with E-state index in [1.807, 2.05) is 21.6 Å². The van der Waals surface area contributed by atoms with Crippen molar-refractivity contribution in [2.45, 2.75) is 32.6 Å². The molecule has 0 radical (unpaired) electrons. The molecule has 0 amide bonds. The minimum atomic E-state index is -2.29. The maximum Gasteiger partial charge on any atom is 0.311 e. The van der Waals surface area contributed by atoms with Gasteiger partial charge in [0.05, 0.1) is 0 Å². The molecule has 0 saturated carbocycles. The molecule has 2 rings (SSSR count). The molecule has 0 spiro atoms. The Hall–Kier alpha value is -0.960. The van der Waals surface area contributed by atoms with Crippen molar-refractivity contribution in [2.75, 3.05) is 11.5 Å². The Kier molecular flexibility index (Phi) is 8.75. The van der Waals surface area contributed by atoms with Crippen molar-refractivity contribution in [3.63, 3.8) is 0 Å². The van der Waals surface area contributed by atoms with Gasteiger partial charge in [-0.2, -0.15) is 8.78 Å². The SMILES string of the molecule is C1CSSC1.CCCCC(=O)Oc1c(F)c(F)c(F)c(F)c1F. The van der Waals surface area contributed by atoms with Crippen LogP contribution < -0.4 is 4.74 Å². The van der Waals surface area contributed by atoms with Crippen LogP contribution in [0.5, 0.6) is 5.75 Å². The van der Waals surface area contributed by atoms with Gasteiger partial charge in [-0.1, -0.05) is 34.9 Å². The van der Waals surface area contributed by atoms with Gasteiger partial charge >= 0.3 is 5.97 Å². The highest BCUT2D eigenvalue weighted by atomic mass is 33.1. The summed E-state index contributed by atoms with van der Waals surface area (Å²) >= 11 is 0. The van der Waals surface area contributed by atoms with Crippen LogP contribution in [0.2, 0.25) is 0 Å². The lowest BCUT2D eigenvalue weighted by atomic mass is 10.2. The van der Waals surface area contributed by atoms with Crippen LogP contribution in [0.3, 0.4) is 0 Å². The number of ether oxygens (including phenoxy) is 1. The Morgan fingerprint density at radius 2 is 1.43 bits per heavy atom. The van der Waals surface area contributed by atoms with Crippen LogP contribution in [0.4, 0.5) is 22.0 Å². The molecule has 1 fully saturated rings. The fraction of sp³-hybridized carbons (Fsp3) is 0.500. The van der Waals surface area contributed by atoms with Crippen molar-refractivity contribution in [1.29, 1.82) is 0 Å². The molecule has 1 aliphatic rings. The maximum absolute atomic E-state index is 13.1. The molecule has 0 bridgehead atoms. The summed E-state index contributed by atoms with van der Waals surface area (Å²) in [5.41, 5.74) is 0. The van der Waals surface area contributed by atoms with E-state index in [9.17, 15) is 26.7 Å². The predicted octanol–water partition coefficient (Wildman–Crippen LogP) is 5.25. The Labute approximate surface area is 138 Å². The summed E-state index contributed by atoms with van der Waals surface area (Å²) in [5, 5.41) is 0. The number of carbonyl (C=O) groups excluding carboxylic acids is 1. The zero-order valence-corrected chi connectivity index (χ0v) is 13.9. The first-order valence-corrected chi connectivity index (χ1v) is 9.35. The van der Waals surface area contributed by atoms with E-state index in [0.717, 1.165) is 0 Å². The molecule has 0 aromatic heterocycles. The number of rotatable bonds is 4. The summed E-state index contributed by atoms with van der Waals surface area (Å²) in [6.07, 6.45) is 2.26. The Morgan fingerprint density at radius 3 is 1.83 bits per heavy atom. The lowest BCUT2D eigenvalue weighted by Gasteiger charge is -2.08. The van der Waals surface area contributed by atoms with Crippen LogP contribution >= 0.6 is 21.6 Å². The van der Waals surface area contributed by atoms with E-state index >= 15 is 0 Å². The molecule has 0 N–H and O–H groups in total. The van der Waals surface area contributed by atoms with Crippen LogP contribution in [0, 0.1) is 29.1 Å². The quantitative estimate of drug-likeness (QED) is 0.180. The number of halogens is 5. The zero-order chi connectivity index (χ0) is 17.4. The first-order valence-electron chi connectivity index (χ1n) is 6.86. The van der Waals surface area contributed by atoms with E-state index in [1.54, 1.807) is 6.92 Å². The standard InChI is InChI=1S/C11H9F5O2.C3H6S2/c1-2-3-4-5(17)18-11-9(15)7(13)6(12)8(14)10(11)16;1-2-4-5-3-1/h2-4H2,1H3;1-3H2. The number of carbonyl (C=O) groups is 1. The molecule has 1 saturated heterocycles. The van der Waals surface area contributed by atoms with E-state index in [-0.39, 0.29) is 6.42 Å². The molecule has 0 unspecified atom stereocenters. The first kappa shape index (κ1) is 20.1. The van der Waals surface area contributed by atoms with Crippen molar-refractivity contribution in [1.82, 2.24) is 0 Å². The lowest BCUT2D eigenvalue weighted by Crippen LogP contribution is -2.13. The van der Waals surface area contributed by atoms with Gasteiger partial charge in [0.25, 0.3) is 0 Å². The van der Waals surface area contributed by atoms with Gasteiger partial charge in [-0.3, -0.25) is 4.79 Å². The maximum atomic E-state index is 13.1. The minimum absolute atomic E-state index is 0.171. The fourth-order valence-electron chi connectivity index (χ4n) is 1.45. The summed E-state index contributed by atoms with van der Waals surface area (Å²) in [7, 11) is 3.98. The Balaban J connectivity index is 0.000000446. The normalized spacial score (nSPS) is 13.5. The molecule has 1 aliphatic heterocycles. The number of esters is 1. The van der Waals surface area contributed by atoms with E-state index in [2.05, 4.69) is 4.74 Å². The number of unbranched alkanes of at least 4 members (excludes halogenated alkanes) is 1. The van der Waals surface area contributed by atoms with Crippen LogP contribution in [0.25, 0.3) is 0 Å². The number of benzene rings is 1. The molecule has 0 aliphatic carbocycles. The number of hydrogen-bond donors (Lipinski definition) is 0. The largest absolute Gasteiger partial charge is 0.420 e. The third kappa shape index (κ3) is 5.87. The van der Waals surface area contributed by atoms with Gasteiger partial charge in [0.15, 0.2) is 0 Å². The van der Waals surface area contributed by atoms with Gasteiger partial charge in [0.2, 0.25) is 34.8 Å². The highest BCUT2D eigenvalue weighted by molar-refractivity contribution is 8.77. The van der Waals surface area contributed by atoms with E-state index < -0.39 is 40.8 Å². The van der Waals surface area contributed by atoms with Crippen LogP contribution in [0.15, 0.2) is 0 Å². The molecule has 130 valence electrons. The summed E-state index contributed by atoms with van der Waals surface area (Å²) in [5.74, 6) is -10.8. The lowest BCUT2D eigenvalue weighted by molar-refractivity contribution is -0.135. The van der Waals surface area contributed by atoms with Gasteiger partial charge in [0.1, 0.15) is 0 Å². The number of hydrogen-bond acceptors (Lipinski definition) is 4. The first-order chi connectivity index (χ1) is 10.9. The molecular weight excluding hydrogens is 359 g/mol. The molecule has 1 aromatic rings. The second kappa shape index (κ2) is 10.0. The van der Waals surface area contributed by atoms with E-state index in [0.29, 0.717) is 12.8 Å². The van der Waals surface area contributed by atoms with Gasteiger partial charge in [0, 0.05) is 17.9 Å². The molecule has 2 nitrogen and oxygen atoms in total. The smallest absolute Gasteiger partial charge is 0.311 e. The second-order valence-corrected chi connectivity index (χ2v) is 7.18.